The minimum atomic E-state index is -0.298. The van der Waals surface area contributed by atoms with Crippen molar-refractivity contribution in [1.29, 1.82) is 0 Å². The highest BCUT2D eigenvalue weighted by Crippen LogP contribution is 2.18. The van der Waals surface area contributed by atoms with Crippen LogP contribution in [0.4, 0.5) is 4.79 Å². The van der Waals surface area contributed by atoms with Crippen LogP contribution >= 0.6 is 0 Å². The average molecular weight is 231 g/mol. The van der Waals surface area contributed by atoms with Crippen LogP contribution in [0, 0.1) is 0 Å². The second-order valence-electron chi connectivity index (χ2n) is 4.35. The third kappa shape index (κ3) is 1.78. The Balaban J connectivity index is 1.81. The molecule has 1 aromatic rings. The Morgan fingerprint density at radius 3 is 2.71 bits per heavy atom. The lowest BCUT2D eigenvalue weighted by molar-refractivity contribution is -0.125. The molecular weight excluding hydrogens is 218 g/mol. The number of amides is 3. The van der Waals surface area contributed by atoms with Gasteiger partial charge in [0.15, 0.2) is 0 Å². The largest absolute Gasteiger partial charge is 0.329 e. The second kappa shape index (κ2) is 3.85. The molecule has 0 atom stereocenters. The molecular formula is C12H13N3O2. The molecule has 1 fully saturated rings. The number of carbonyl (C=O) groups excluding carboxylic acids is 2. The molecule has 0 saturated carbocycles. The molecule has 2 aliphatic heterocycles. The van der Waals surface area contributed by atoms with Gasteiger partial charge in [0.05, 0.1) is 13.1 Å². The number of fused-ring (bicyclic) bond motifs is 1. The SMILES string of the molecule is O=C1CNC(=O)N1Cc1ccc2c(c1)CNC2. The zero-order valence-electron chi connectivity index (χ0n) is 9.32. The van der Waals surface area contributed by atoms with Gasteiger partial charge in [-0.05, 0) is 16.7 Å². The number of nitrogens with one attached hydrogen (secondary N) is 2. The van der Waals surface area contributed by atoms with Crippen LogP contribution < -0.4 is 10.6 Å². The summed E-state index contributed by atoms with van der Waals surface area (Å²) < 4.78 is 0. The van der Waals surface area contributed by atoms with Gasteiger partial charge in [0.1, 0.15) is 0 Å². The molecule has 88 valence electrons. The number of urea groups is 1. The number of hydrogen-bond donors (Lipinski definition) is 2. The maximum Gasteiger partial charge on any atom is 0.324 e. The number of imide groups is 1. The Kier molecular flexibility index (Phi) is 2.33. The predicted octanol–water partition coefficient (Wildman–Crippen LogP) is 0.342. The van der Waals surface area contributed by atoms with Gasteiger partial charge in [0.2, 0.25) is 5.91 Å². The van der Waals surface area contributed by atoms with Crippen LogP contribution in [0.5, 0.6) is 0 Å². The van der Waals surface area contributed by atoms with Crippen LogP contribution in [0.1, 0.15) is 16.7 Å². The van der Waals surface area contributed by atoms with Gasteiger partial charge in [0, 0.05) is 13.1 Å². The van der Waals surface area contributed by atoms with Crippen molar-refractivity contribution < 1.29 is 9.59 Å². The number of benzene rings is 1. The highest BCUT2D eigenvalue weighted by atomic mass is 16.2. The fourth-order valence-electron chi connectivity index (χ4n) is 2.24. The zero-order chi connectivity index (χ0) is 11.8. The van der Waals surface area contributed by atoms with Gasteiger partial charge < -0.3 is 10.6 Å². The Morgan fingerprint density at radius 1 is 1.12 bits per heavy atom. The Labute approximate surface area is 98.8 Å². The van der Waals surface area contributed by atoms with Gasteiger partial charge in [-0.15, -0.1) is 0 Å². The van der Waals surface area contributed by atoms with E-state index in [1.54, 1.807) is 0 Å². The summed E-state index contributed by atoms with van der Waals surface area (Å²) in [6, 6.07) is 5.80. The molecule has 1 saturated heterocycles. The van der Waals surface area contributed by atoms with Gasteiger partial charge in [-0.2, -0.15) is 0 Å². The number of rotatable bonds is 2. The molecule has 0 bridgehead atoms. The number of carbonyl (C=O) groups is 2. The molecule has 0 aliphatic carbocycles. The minimum absolute atomic E-state index is 0.116. The average Bonchev–Trinajstić information content (AvgIpc) is 2.90. The quantitative estimate of drug-likeness (QED) is 0.722. The Hall–Kier alpha value is -1.88. The first-order chi connectivity index (χ1) is 8.24. The van der Waals surface area contributed by atoms with E-state index in [2.05, 4.69) is 22.8 Å². The van der Waals surface area contributed by atoms with Crippen molar-refractivity contribution in [2.75, 3.05) is 6.54 Å². The third-order valence-corrected chi connectivity index (χ3v) is 3.18. The van der Waals surface area contributed by atoms with Crippen LogP contribution in [-0.4, -0.2) is 23.4 Å². The van der Waals surface area contributed by atoms with E-state index in [-0.39, 0.29) is 18.5 Å². The van der Waals surface area contributed by atoms with Gasteiger partial charge in [0.25, 0.3) is 0 Å². The summed E-state index contributed by atoms with van der Waals surface area (Å²) in [6.45, 7) is 2.24. The summed E-state index contributed by atoms with van der Waals surface area (Å²) in [5, 5.41) is 5.78. The lowest BCUT2D eigenvalue weighted by atomic mass is 10.1. The molecule has 0 aromatic heterocycles. The molecule has 5 heteroatoms. The van der Waals surface area contributed by atoms with Crippen molar-refractivity contribution in [2.24, 2.45) is 0 Å². The topological polar surface area (TPSA) is 61.4 Å². The maximum atomic E-state index is 11.5. The predicted molar refractivity (Wildman–Crippen MR) is 60.9 cm³/mol. The molecule has 3 rings (SSSR count). The van der Waals surface area contributed by atoms with Gasteiger partial charge in [-0.1, -0.05) is 18.2 Å². The lowest BCUT2D eigenvalue weighted by Crippen LogP contribution is -2.30. The smallest absolute Gasteiger partial charge is 0.324 e. The fourth-order valence-corrected chi connectivity index (χ4v) is 2.24. The van der Waals surface area contributed by atoms with Gasteiger partial charge in [-0.25, -0.2) is 4.79 Å². The lowest BCUT2D eigenvalue weighted by Gasteiger charge is -2.13. The Morgan fingerprint density at radius 2 is 1.94 bits per heavy atom. The summed E-state index contributed by atoms with van der Waals surface area (Å²) in [5.41, 5.74) is 3.55. The molecule has 0 spiro atoms. The molecule has 0 unspecified atom stereocenters. The van der Waals surface area contributed by atoms with Crippen LogP contribution in [-0.2, 0) is 24.4 Å². The van der Waals surface area contributed by atoms with Crippen LogP contribution in [0.25, 0.3) is 0 Å². The number of hydrogen-bond acceptors (Lipinski definition) is 3. The normalized spacial score (nSPS) is 18.5. The first-order valence-corrected chi connectivity index (χ1v) is 5.63. The highest BCUT2D eigenvalue weighted by Gasteiger charge is 2.28. The van der Waals surface area contributed by atoms with Gasteiger partial charge >= 0.3 is 6.03 Å². The molecule has 3 amide bonds. The fraction of sp³-hybridized carbons (Fsp3) is 0.333. The first-order valence-electron chi connectivity index (χ1n) is 5.63. The van der Waals surface area contributed by atoms with Crippen LogP contribution in [0.3, 0.4) is 0 Å². The standard InChI is InChI=1S/C12H13N3O2/c16-11-6-14-12(17)15(11)7-8-1-2-9-4-13-5-10(9)3-8/h1-3,13H,4-7H2,(H,14,17). The summed E-state index contributed by atoms with van der Waals surface area (Å²) >= 11 is 0. The molecule has 2 N–H and O–H groups in total. The van der Waals surface area contributed by atoms with E-state index in [1.165, 1.54) is 16.0 Å². The van der Waals surface area contributed by atoms with Crippen molar-refractivity contribution >= 4 is 11.9 Å². The van der Waals surface area contributed by atoms with E-state index in [4.69, 9.17) is 0 Å². The summed E-state index contributed by atoms with van der Waals surface area (Å²) in [5.74, 6) is -0.159. The van der Waals surface area contributed by atoms with Crippen molar-refractivity contribution in [1.82, 2.24) is 15.5 Å². The Bertz CT molecular complexity index is 483. The van der Waals surface area contributed by atoms with Crippen molar-refractivity contribution in [2.45, 2.75) is 19.6 Å². The summed E-state index contributed by atoms with van der Waals surface area (Å²) in [4.78, 5) is 24.1. The molecule has 17 heavy (non-hydrogen) atoms. The molecule has 5 nitrogen and oxygen atoms in total. The maximum absolute atomic E-state index is 11.5. The highest BCUT2D eigenvalue weighted by molar-refractivity contribution is 6.01. The van der Waals surface area contributed by atoms with E-state index in [0.717, 1.165) is 18.7 Å². The molecule has 1 aromatic carbocycles. The molecule has 2 aliphatic rings. The van der Waals surface area contributed by atoms with Crippen LogP contribution in [0.15, 0.2) is 18.2 Å². The molecule has 0 radical (unpaired) electrons. The van der Waals surface area contributed by atoms with Crippen molar-refractivity contribution in [3.8, 4) is 0 Å². The first kappa shape index (κ1) is 10.3. The van der Waals surface area contributed by atoms with E-state index in [9.17, 15) is 9.59 Å². The second-order valence-corrected chi connectivity index (χ2v) is 4.35. The van der Waals surface area contributed by atoms with E-state index in [0.29, 0.717) is 6.54 Å². The number of nitrogens with zero attached hydrogens (tertiary/aromatic N) is 1. The van der Waals surface area contributed by atoms with E-state index in [1.807, 2.05) is 6.07 Å². The van der Waals surface area contributed by atoms with Crippen molar-refractivity contribution in [3.05, 3.63) is 34.9 Å². The van der Waals surface area contributed by atoms with Crippen molar-refractivity contribution in [3.63, 3.8) is 0 Å². The summed E-state index contributed by atoms with van der Waals surface area (Å²) in [6.07, 6.45) is 0. The molecule has 2 heterocycles. The third-order valence-electron chi connectivity index (χ3n) is 3.18. The van der Waals surface area contributed by atoms with Crippen LogP contribution in [0.2, 0.25) is 0 Å². The van der Waals surface area contributed by atoms with E-state index < -0.39 is 0 Å². The van der Waals surface area contributed by atoms with E-state index >= 15 is 0 Å². The van der Waals surface area contributed by atoms with Gasteiger partial charge in [-0.3, -0.25) is 9.69 Å². The summed E-state index contributed by atoms with van der Waals surface area (Å²) in [7, 11) is 0. The minimum Gasteiger partial charge on any atom is -0.329 e. The zero-order valence-corrected chi connectivity index (χ0v) is 9.32. The monoisotopic (exact) mass is 231 g/mol.